The highest BCUT2D eigenvalue weighted by molar-refractivity contribution is 6.34. The van der Waals surface area contributed by atoms with E-state index in [1.54, 1.807) is 17.7 Å². The van der Waals surface area contributed by atoms with Crippen LogP contribution in [0.2, 0.25) is 5.02 Å². The number of benzene rings is 3. The minimum Gasteiger partial charge on any atom is -0.493 e. The molecule has 1 unspecified atom stereocenters. The number of anilines is 1. The van der Waals surface area contributed by atoms with Gasteiger partial charge in [0.05, 0.1) is 29.9 Å². The zero-order valence-electron chi connectivity index (χ0n) is 24.1. The maximum absolute atomic E-state index is 15.8. The zero-order chi connectivity index (χ0) is 31.0. The maximum Gasteiger partial charge on any atom is 0.341 e. The maximum atomic E-state index is 15.8. The third kappa shape index (κ3) is 5.31. The fourth-order valence-electron chi connectivity index (χ4n) is 5.71. The Morgan fingerprint density at radius 3 is 2.70 bits per heavy atom. The van der Waals surface area contributed by atoms with Crippen LogP contribution in [-0.2, 0) is 13.2 Å². The summed E-state index contributed by atoms with van der Waals surface area (Å²) in [5.74, 6) is -0.909. The van der Waals surface area contributed by atoms with Crippen molar-refractivity contribution in [3.63, 3.8) is 0 Å². The molecular formula is C33H30ClFN4O5. The molecule has 0 amide bonds. The van der Waals surface area contributed by atoms with E-state index in [4.69, 9.17) is 21.1 Å². The second kappa shape index (κ2) is 12.1. The van der Waals surface area contributed by atoms with Gasteiger partial charge >= 0.3 is 5.97 Å². The summed E-state index contributed by atoms with van der Waals surface area (Å²) in [5.41, 5.74) is 1.63. The van der Waals surface area contributed by atoms with E-state index in [9.17, 15) is 14.7 Å². The summed E-state index contributed by atoms with van der Waals surface area (Å²) >= 11 is 6.59. The predicted molar refractivity (Wildman–Crippen MR) is 168 cm³/mol. The highest BCUT2D eigenvalue weighted by atomic mass is 35.5. The van der Waals surface area contributed by atoms with Gasteiger partial charge in [0.2, 0.25) is 5.43 Å². The molecule has 1 aliphatic rings. The van der Waals surface area contributed by atoms with E-state index >= 15 is 4.39 Å². The zero-order valence-corrected chi connectivity index (χ0v) is 24.9. The molecule has 2 N–H and O–H groups in total. The molecule has 1 aliphatic heterocycles. The topological polar surface area (TPSA) is 106 Å². The van der Waals surface area contributed by atoms with Crippen LogP contribution in [0.1, 0.15) is 34.5 Å². The molecule has 3 aromatic carbocycles. The number of nitrogens with zero attached hydrogens (tertiary/aromatic N) is 3. The molecule has 0 saturated carbocycles. The number of piperazine rings is 1. The van der Waals surface area contributed by atoms with Crippen molar-refractivity contribution < 1.29 is 23.8 Å². The standard InChI is InChI=1S/C33H30ClFN4O5/c1-3-38-16-22(33(41)42)32(40)28-21-14-24(29(34)30(35)31(21)37-15-25(28)38)39-12-11-36-23(17-39)20-9-10-26(27(13-20)43-2)44-18-19-7-5-4-6-8-19/h4-10,13-16,23,36H,3,11-12,17-18H2,1-2H3,(H,41,42). The first-order chi connectivity index (χ1) is 21.3. The normalized spacial score (nSPS) is 15.1. The first-order valence-electron chi connectivity index (χ1n) is 14.2. The number of hydrogen-bond acceptors (Lipinski definition) is 7. The van der Waals surface area contributed by atoms with Crippen molar-refractivity contribution in [3.8, 4) is 11.5 Å². The molecule has 11 heteroatoms. The lowest BCUT2D eigenvalue weighted by atomic mass is 10.0. The Labute approximate surface area is 257 Å². The van der Waals surface area contributed by atoms with E-state index in [2.05, 4.69) is 10.3 Å². The summed E-state index contributed by atoms with van der Waals surface area (Å²) in [7, 11) is 1.59. The van der Waals surface area contributed by atoms with Crippen molar-refractivity contribution in [1.82, 2.24) is 14.9 Å². The molecule has 1 saturated heterocycles. The van der Waals surface area contributed by atoms with Gasteiger partial charge in [0.1, 0.15) is 22.7 Å². The van der Waals surface area contributed by atoms with Crippen LogP contribution in [0.3, 0.4) is 0 Å². The number of nitrogens with one attached hydrogen (secondary N) is 1. The van der Waals surface area contributed by atoms with Gasteiger partial charge in [0.25, 0.3) is 0 Å². The Morgan fingerprint density at radius 1 is 1.18 bits per heavy atom. The number of rotatable bonds is 8. The average molecular weight is 617 g/mol. The number of ether oxygens (including phenoxy) is 2. The predicted octanol–water partition coefficient (Wildman–Crippen LogP) is 5.80. The van der Waals surface area contributed by atoms with Crippen LogP contribution in [0.4, 0.5) is 10.1 Å². The molecule has 226 valence electrons. The Balaban J connectivity index is 1.36. The first kappa shape index (κ1) is 29.4. The number of fused-ring (bicyclic) bond motifs is 3. The van der Waals surface area contributed by atoms with Crippen LogP contribution in [0.5, 0.6) is 11.5 Å². The van der Waals surface area contributed by atoms with Crippen LogP contribution in [0, 0.1) is 5.82 Å². The van der Waals surface area contributed by atoms with Gasteiger partial charge in [-0.15, -0.1) is 0 Å². The molecule has 0 bridgehead atoms. The van der Waals surface area contributed by atoms with Gasteiger partial charge < -0.3 is 29.4 Å². The summed E-state index contributed by atoms with van der Waals surface area (Å²) in [6.07, 6.45) is 2.68. The molecule has 2 aromatic heterocycles. The first-order valence-corrected chi connectivity index (χ1v) is 14.6. The average Bonchev–Trinajstić information content (AvgIpc) is 3.05. The number of hydrogen-bond donors (Lipinski definition) is 2. The largest absolute Gasteiger partial charge is 0.493 e. The van der Waals surface area contributed by atoms with Crippen molar-refractivity contribution in [2.75, 3.05) is 31.6 Å². The van der Waals surface area contributed by atoms with Gasteiger partial charge in [-0.2, -0.15) is 0 Å². The number of halogens is 2. The lowest BCUT2D eigenvalue weighted by Crippen LogP contribution is -2.46. The van der Waals surface area contributed by atoms with Gasteiger partial charge in [-0.1, -0.05) is 48.0 Å². The van der Waals surface area contributed by atoms with E-state index in [1.165, 1.54) is 12.4 Å². The van der Waals surface area contributed by atoms with E-state index in [0.717, 1.165) is 11.1 Å². The molecule has 6 rings (SSSR count). The van der Waals surface area contributed by atoms with Crippen molar-refractivity contribution in [3.05, 3.63) is 105 Å². The Kier molecular flexibility index (Phi) is 8.11. The van der Waals surface area contributed by atoms with Crippen LogP contribution in [0.25, 0.3) is 21.8 Å². The molecule has 0 aliphatic carbocycles. The Bertz CT molecular complexity index is 1950. The molecular weight excluding hydrogens is 587 g/mol. The summed E-state index contributed by atoms with van der Waals surface area (Å²) in [4.78, 5) is 31.5. The van der Waals surface area contributed by atoms with Gasteiger partial charge in [-0.3, -0.25) is 9.78 Å². The van der Waals surface area contributed by atoms with Crippen LogP contribution in [-0.4, -0.2) is 47.4 Å². The summed E-state index contributed by atoms with van der Waals surface area (Å²) in [6.45, 7) is 4.16. The van der Waals surface area contributed by atoms with E-state index in [0.29, 0.717) is 55.5 Å². The number of carboxylic acid groups (broad SMARTS) is 1. The van der Waals surface area contributed by atoms with Gasteiger partial charge in [-0.05, 0) is 36.2 Å². The Morgan fingerprint density at radius 2 is 1.98 bits per heavy atom. The highest BCUT2D eigenvalue weighted by Crippen LogP contribution is 2.38. The number of aryl methyl sites for hydroxylation is 1. The lowest BCUT2D eigenvalue weighted by Gasteiger charge is -2.36. The molecule has 0 spiro atoms. The fraction of sp³-hybridized carbons (Fsp3) is 0.242. The van der Waals surface area contributed by atoms with Crippen molar-refractivity contribution >= 4 is 45.1 Å². The Hall–Kier alpha value is -4.67. The second-order valence-corrected chi connectivity index (χ2v) is 10.9. The minimum absolute atomic E-state index is 0.0870. The quantitative estimate of drug-likeness (QED) is 0.211. The number of methoxy groups -OCH3 is 1. The minimum atomic E-state index is -1.35. The number of aromatic nitrogens is 2. The number of carbonyl (C=O) groups is 1. The van der Waals surface area contributed by atoms with E-state index in [-0.39, 0.29) is 27.4 Å². The van der Waals surface area contributed by atoms with Gasteiger partial charge in [0, 0.05) is 43.8 Å². The second-order valence-electron chi connectivity index (χ2n) is 10.5. The van der Waals surface area contributed by atoms with E-state index < -0.39 is 22.8 Å². The van der Waals surface area contributed by atoms with Crippen molar-refractivity contribution in [1.29, 1.82) is 0 Å². The third-order valence-electron chi connectivity index (χ3n) is 7.98. The molecule has 1 atom stereocenters. The fourth-order valence-corrected chi connectivity index (χ4v) is 5.98. The van der Waals surface area contributed by atoms with Crippen LogP contribution < -0.4 is 25.1 Å². The number of pyridine rings is 2. The summed E-state index contributed by atoms with van der Waals surface area (Å²) < 4.78 is 29.1. The molecule has 5 aromatic rings. The van der Waals surface area contributed by atoms with E-state index in [1.807, 2.05) is 60.4 Å². The molecule has 9 nitrogen and oxygen atoms in total. The monoisotopic (exact) mass is 616 g/mol. The molecule has 44 heavy (non-hydrogen) atoms. The number of carboxylic acids is 1. The summed E-state index contributed by atoms with van der Waals surface area (Å²) in [6, 6.07) is 17.1. The molecule has 0 radical (unpaired) electrons. The molecule has 3 heterocycles. The van der Waals surface area contributed by atoms with Crippen LogP contribution >= 0.6 is 11.6 Å². The lowest BCUT2D eigenvalue weighted by molar-refractivity contribution is 0.0695. The smallest absolute Gasteiger partial charge is 0.341 e. The number of aromatic carboxylic acids is 1. The van der Waals surface area contributed by atoms with Crippen molar-refractivity contribution in [2.24, 2.45) is 0 Å². The van der Waals surface area contributed by atoms with Crippen LogP contribution in [0.15, 0.2) is 71.8 Å². The molecule has 1 fully saturated rings. The summed E-state index contributed by atoms with van der Waals surface area (Å²) in [5, 5.41) is 13.4. The van der Waals surface area contributed by atoms with Gasteiger partial charge in [-0.25, -0.2) is 9.18 Å². The third-order valence-corrected chi connectivity index (χ3v) is 8.34. The highest BCUT2D eigenvalue weighted by Gasteiger charge is 2.27. The van der Waals surface area contributed by atoms with Crippen molar-refractivity contribution in [2.45, 2.75) is 26.1 Å². The SMILES string of the molecule is CCn1cc(C(=O)O)c(=O)c2c3cc(N4CCNC(c5ccc(OCc6ccccc6)c(OC)c5)C4)c(Cl)c(F)c3ncc21. The van der Waals surface area contributed by atoms with Gasteiger partial charge in [0.15, 0.2) is 17.3 Å².